The smallest absolute Gasteiger partial charge is 0.400 e. The molecule has 0 atom stereocenters. The van der Waals surface area contributed by atoms with E-state index in [4.69, 9.17) is 14.3 Å². The van der Waals surface area contributed by atoms with Crippen molar-refractivity contribution in [2.75, 3.05) is 0 Å². The topological polar surface area (TPSA) is 72.6 Å². The molecule has 0 spiro atoms. The molecule has 0 bridgehead atoms. The van der Waals surface area contributed by atoms with Gasteiger partial charge in [-0.25, -0.2) is 9.18 Å². The molecule has 0 radical (unpaired) electrons. The van der Waals surface area contributed by atoms with Crippen LogP contribution in [0.25, 0.3) is 11.1 Å². The zero-order valence-electron chi connectivity index (χ0n) is 10.0. The van der Waals surface area contributed by atoms with E-state index in [-0.39, 0.29) is 11.8 Å². The van der Waals surface area contributed by atoms with Crippen LogP contribution in [-0.2, 0) is 0 Å². The predicted octanol–water partition coefficient (Wildman–Crippen LogP) is 3.46. The number of carboxylic acid groups (broad SMARTS) is 1. The average molecular weight is 273 g/mol. The summed E-state index contributed by atoms with van der Waals surface area (Å²) < 4.78 is 24.0. The lowest BCUT2D eigenvalue weighted by atomic mass is 10.2. The first-order valence-corrected chi connectivity index (χ1v) is 5.70. The number of aromatic carboxylic acids is 1. The molecule has 5 nitrogen and oxygen atoms in total. The van der Waals surface area contributed by atoms with Crippen LogP contribution in [0, 0.1) is 5.82 Å². The second kappa shape index (κ2) is 4.65. The fourth-order valence-corrected chi connectivity index (χ4v) is 1.79. The van der Waals surface area contributed by atoms with Crippen LogP contribution in [0.3, 0.4) is 0 Å². The lowest BCUT2D eigenvalue weighted by Crippen LogP contribution is -2.03. The highest BCUT2D eigenvalue weighted by Crippen LogP contribution is 2.29. The Hall–Kier alpha value is -2.89. The van der Waals surface area contributed by atoms with E-state index < -0.39 is 17.3 Å². The second-order valence-corrected chi connectivity index (χ2v) is 3.97. The van der Waals surface area contributed by atoms with Gasteiger partial charge in [0.1, 0.15) is 22.6 Å². The molecular weight excluding hydrogens is 265 g/mol. The molecule has 0 aliphatic heterocycles. The molecule has 0 saturated carbocycles. The number of hydrogen-bond donors (Lipinski definition) is 1. The van der Waals surface area contributed by atoms with Crippen LogP contribution >= 0.6 is 0 Å². The molecule has 1 heterocycles. The molecule has 0 aliphatic rings. The summed E-state index contributed by atoms with van der Waals surface area (Å²) >= 11 is 0. The fourth-order valence-electron chi connectivity index (χ4n) is 1.79. The molecule has 0 saturated heterocycles. The zero-order chi connectivity index (χ0) is 14.1. The van der Waals surface area contributed by atoms with Gasteiger partial charge in [0.05, 0.1) is 0 Å². The Morgan fingerprint density at radius 1 is 1.20 bits per heavy atom. The van der Waals surface area contributed by atoms with Crippen LogP contribution in [-0.4, -0.2) is 16.1 Å². The molecule has 0 unspecified atom stereocenters. The molecule has 3 rings (SSSR count). The number of halogens is 1. The summed E-state index contributed by atoms with van der Waals surface area (Å²) in [7, 11) is 0. The lowest BCUT2D eigenvalue weighted by molar-refractivity contribution is 0.0688. The molecule has 1 N–H and O–H groups in total. The van der Waals surface area contributed by atoms with Crippen LogP contribution in [0.5, 0.6) is 11.8 Å². The van der Waals surface area contributed by atoms with Crippen molar-refractivity contribution in [1.82, 2.24) is 4.98 Å². The summed E-state index contributed by atoms with van der Waals surface area (Å²) in [6.07, 6.45) is -0.140. The first kappa shape index (κ1) is 12.2. The van der Waals surface area contributed by atoms with Gasteiger partial charge < -0.3 is 14.3 Å². The van der Waals surface area contributed by atoms with Crippen LogP contribution in [0.2, 0.25) is 0 Å². The molecule has 20 heavy (non-hydrogen) atoms. The van der Waals surface area contributed by atoms with E-state index in [1.54, 1.807) is 24.3 Å². The lowest BCUT2D eigenvalue weighted by Gasteiger charge is -2.05. The highest BCUT2D eigenvalue weighted by atomic mass is 19.1. The molecule has 0 amide bonds. The second-order valence-electron chi connectivity index (χ2n) is 3.97. The van der Waals surface area contributed by atoms with Gasteiger partial charge in [-0.3, -0.25) is 0 Å². The first-order valence-electron chi connectivity index (χ1n) is 5.70. The molecule has 2 aromatic carbocycles. The minimum Gasteiger partial charge on any atom is -0.477 e. The third kappa shape index (κ3) is 2.07. The third-order valence-corrected chi connectivity index (χ3v) is 2.66. The number of rotatable bonds is 3. The predicted molar refractivity (Wildman–Crippen MR) is 67.4 cm³/mol. The van der Waals surface area contributed by atoms with E-state index in [1.807, 2.05) is 0 Å². The number of carbonyl (C=O) groups is 1. The Labute approximate surface area is 112 Å². The van der Waals surface area contributed by atoms with Gasteiger partial charge in [0.25, 0.3) is 0 Å². The highest BCUT2D eigenvalue weighted by Gasteiger charge is 2.19. The Morgan fingerprint density at radius 3 is 2.75 bits per heavy atom. The van der Waals surface area contributed by atoms with E-state index in [9.17, 15) is 9.18 Å². The largest absolute Gasteiger partial charge is 0.477 e. The van der Waals surface area contributed by atoms with Gasteiger partial charge in [-0.15, -0.1) is 0 Å². The van der Waals surface area contributed by atoms with Crippen LogP contribution < -0.4 is 4.74 Å². The summed E-state index contributed by atoms with van der Waals surface area (Å²) in [5, 5.41) is 8.99. The Balaban J connectivity index is 2.02. The van der Waals surface area contributed by atoms with Gasteiger partial charge in [-0.2, -0.15) is 4.98 Å². The van der Waals surface area contributed by atoms with E-state index in [1.165, 1.54) is 12.1 Å². The number of oxazole rings is 1. The number of aromatic nitrogens is 1. The molecule has 1 aromatic heterocycles. The van der Waals surface area contributed by atoms with Crippen LogP contribution in [0.15, 0.2) is 46.9 Å². The molecule has 6 heteroatoms. The van der Waals surface area contributed by atoms with Crippen molar-refractivity contribution in [3.63, 3.8) is 0 Å². The van der Waals surface area contributed by atoms with E-state index in [0.29, 0.717) is 11.1 Å². The van der Waals surface area contributed by atoms with Gasteiger partial charge in [0.15, 0.2) is 5.58 Å². The fraction of sp³-hybridized carbons (Fsp3) is 0. The number of carboxylic acids is 1. The van der Waals surface area contributed by atoms with E-state index in [0.717, 1.165) is 6.07 Å². The Bertz CT molecular complexity index is 764. The van der Waals surface area contributed by atoms with Crippen molar-refractivity contribution >= 4 is 17.1 Å². The third-order valence-electron chi connectivity index (χ3n) is 2.66. The molecule has 0 fully saturated rings. The Kier molecular flexibility index (Phi) is 2.83. The maximum Gasteiger partial charge on any atom is 0.400 e. The minimum atomic E-state index is -1.42. The molecule has 0 aliphatic carbocycles. The van der Waals surface area contributed by atoms with Gasteiger partial charge in [0, 0.05) is 0 Å². The SMILES string of the molecule is O=C(O)c1c(F)cccc1Oc1nc2ccccc2o1. The number of ether oxygens (including phenoxy) is 1. The molecular formula is C14H8FNO4. The van der Waals surface area contributed by atoms with E-state index >= 15 is 0 Å². The summed E-state index contributed by atoms with van der Waals surface area (Å²) in [5.74, 6) is -2.47. The number of hydrogen-bond acceptors (Lipinski definition) is 4. The van der Waals surface area contributed by atoms with Gasteiger partial charge in [-0.05, 0) is 24.3 Å². The van der Waals surface area contributed by atoms with Crippen molar-refractivity contribution in [2.45, 2.75) is 0 Å². The van der Waals surface area contributed by atoms with Crippen molar-refractivity contribution in [1.29, 1.82) is 0 Å². The minimum absolute atomic E-state index is 0.140. The molecule has 100 valence electrons. The van der Waals surface area contributed by atoms with Gasteiger partial charge in [0.2, 0.25) is 0 Å². The van der Waals surface area contributed by atoms with Gasteiger partial charge in [-0.1, -0.05) is 18.2 Å². The maximum atomic E-state index is 13.5. The summed E-state index contributed by atoms with van der Waals surface area (Å²) in [6.45, 7) is 0. The van der Waals surface area contributed by atoms with E-state index in [2.05, 4.69) is 4.98 Å². The average Bonchev–Trinajstić information content (AvgIpc) is 2.80. The first-order chi connectivity index (χ1) is 9.65. The molecule has 3 aromatic rings. The van der Waals surface area contributed by atoms with Crippen molar-refractivity contribution in [3.8, 4) is 11.8 Å². The van der Waals surface area contributed by atoms with Crippen LogP contribution in [0.4, 0.5) is 4.39 Å². The Morgan fingerprint density at radius 2 is 2.00 bits per heavy atom. The van der Waals surface area contributed by atoms with Crippen LogP contribution in [0.1, 0.15) is 10.4 Å². The number of fused-ring (bicyclic) bond motifs is 1. The summed E-state index contributed by atoms with van der Waals surface area (Å²) in [5.41, 5.74) is 0.501. The highest BCUT2D eigenvalue weighted by molar-refractivity contribution is 5.91. The van der Waals surface area contributed by atoms with Crippen molar-refractivity contribution in [3.05, 3.63) is 53.8 Å². The normalized spacial score (nSPS) is 10.7. The number of benzene rings is 2. The monoisotopic (exact) mass is 273 g/mol. The zero-order valence-corrected chi connectivity index (χ0v) is 10.0. The van der Waals surface area contributed by atoms with Gasteiger partial charge >= 0.3 is 12.0 Å². The summed E-state index contributed by atoms with van der Waals surface area (Å²) in [4.78, 5) is 15.1. The standard InChI is InChI=1S/C14H8FNO4/c15-8-4-3-7-11(12(8)13(17)18)20-14-16-9-5-1-2-6-10(9)19-14/h1-7H,(H,17,18). The van der Waals surface area contributed by atoms with Crippen molar-refractivity contribution in [2.24, 2.45) is 0 Å². The maximum absolute atomic E-state index is 13.5. The number of para-hydroxylation sites is 2. The van der Waals surface area contributed by atoms with Crippen molar-refractivity contribution < 1.29 is 23.4 Å². The quantitative estimate of drug-likeness (QED) is 0.791. The summed E-state index contributed by atoms with van der Waals surface area (Å²) in [6, 6.07) is 10.7. The number of nitrogens with zero attached hydrogens (tertiary/aromatic N) is 1.